The maximum Gasteiger partial charge on any atom is 0.103 e. The predicted octanol–water partition coefficient (Wildman–Crippen LogP) is 4.12. The van der Waals surface area contributed by atoms with E-state index in [1.54, 1.807) is 0 Å². The molecule has 0 saturated carbocycles. The fraction of sp³-hybridized carbons (Fsp3) is 0.579. The number of hydrogen-bond donors (Lipinski definition) is 0. The van der Waals surface area contributed by atoms with Gasteiger partial charge >= 0.3 is 0 Å². The van der Waals surface area contributed by atoms with Crippen molar-refractivity contribution in [1.29, 1.82) is 0 Å². The summed E-state index contributed by atoms with van der Waals surface area (Å²) >= 11 is 0. The summed E-state index contributed by atoms with van der Waals surface area (Å²) in [5, 5.41) is 0. The Hall–Kier alpha value is -1.28. The van der Waals surface area contributed by atoms with Gasteiger partial charge in [0.1, 0.15) is 12.4 Å². The van der Waals surface area contributed by atoms with Crippen molar-refractivity contribution in [3.05, 3.63) is 47.7 Å². The van der Waals surface area contributed by atoms with Crippen LogP contribution in [-0.4, -0.2) is 31.1 Å². The van der Waals surface area contributed by atoms with Gasteiger partial charge in [-0.2, -0.15) is 0 Å². The number of benzene rings is 1. The predicted molar refractivity (Wildman–Crippen MR) is 87.3 cm³/mol. The Morgan fingerprint density at radius 2 is 2.05 bits per heavy atom. The Morgan fingerprint density at radius 1 is 1.24 bits per heavy atom. The Kier molecular flexibility index (Phi) is 4.34. The van der Waals surface area contributed by atoms with Crippen molar-refractivity contribution in [2.75, 3.05) is 20.2 Å². The van der Waals surface area contributed by atoms with Crippen LogP contribution >= 0.6 is 0 Å². The van der Waals surface area contributed by atoms with Gasteiger partial charge in [-0.3, -0.25) is 0 Å². The Labute approximate surface area is 128 Å². The monoisotopic (exact) mass is 285 g/mol. The molecule has 2 heteroatoms. The third-order valence-electron chi connectivity index (χ3n) is 5.27. The molecular formula is C19H27NO. The molecule has 1 heterocycles. The molecule has 0 amide bonds. The van der Waals surface area contributed by atoms with Gasteiger partial charge < -0.3 is 9.64 Å². The highest BCUT2D eigenvalue weighted by Crippen LogP contribution is 2.41. The molecule has 0 bridgehead atoms. The molecule has 0 aromatic heterocycles. The number of hydrogen-bond acceptors (Lipinski definition) is 2. The van der Waals surface area contributed by atoms with Gasteiger partial charge in [0, 0.05) is 11.5 Å². The van der Waals surface area contributed by atoms with Crippen LogP contribution < -0.4 is 0 Å². The molecule has 0 N–H and O–H groups in total. The van der Waals surface area contributed by atoms with Crippen LogP contribution in [0.2, 0.25) is 0 Å². The fourth-order valence-electron chi connectivity index (χ4n) is 3.72. The van der Waals surface area contributed by atoms with E-state index in [9.17, 15) is 0 Å². The van der Waals surface area contributed by atoms with Crippen molar-refractivity contribution < 1.29 is 4.74 Å². The summed E-state index contributed by atoms with van der Waals surface area (Å²) in [5.74, 6) is 1.19. The number of likely N-dealkylation sites (tertiary alicyclic amines) is 1. The fourth-order valence-corrected chi connectivity index (χ4v) is 3.72. The van der Waals surface area contributed by atoms with Crippen LogP contribution in [0.25, 0.3) is 0 Å². The molecule has 1 aromatic rings. The van der Waals surface area contributed by atoms with Crippen molar-refractivity contribution in [2.24, 2.45) is 0 Å². The van der Waals surface area contributed by atoms with Crippen LogP contribution in [0, 0.1) is 0 Å². The topological polar surface area (TPSA) is 12.5 Å². The minimum Gasteiger partial charge on any atom is -0.496 e. The zero-order chi connectivity index (χ0) is 14.7. The summed E-state index contributed by atoms with van der Waals surface area (Å²) < 4.78 is 6.33. The lowest BCUT2D eigenvalue weighted by molar-refractivity contribution is 0.106. The normalized spacial score (nSPS) is 30.2. The summed E-state index contributed by atoms with van der Waals surface area (Å²) in [4.78, 5) is 2.43. The third-order valence-corrected chi connectivity index (χ3v) is 5.27. The maximum absolute atomic E-state index is 6.33. The molecule has 1 saturated heterocycles. The zero-order valence-electron chi connectivity index (χ0n) is 13.3. The first kappa shape index (κ1) is 14.6. The Morgan fingerprint density at radius 3 is 2.76 bits per heavy atom. The minimum atomic E-state index is 0.0523. The van der Waals surface area contributed by atoms with Crippen molar-refractivity contribution in [3.8, 4) is 0 Å². The van der Waals surface area contributed by atoms with Crippen LogP contribution in [0.1, 0.15) is 44.6 Å². The van der Waals surface area contributed by atoms with Gasteiger partial charge in [0.15, 0.2) is 0 Å². The average Bonchev–Trinajstić information content (AvgIpc) is 2.93. The molecule has 3 rings (SSSR count). The van der Waals surface area contributed by atoms with Crippen molar-refractivity contribution >= 4 is 0 Å². The second-order valence-electron chi connectivity index (χ2n) is 6.75. The molecular weight excluding hydrogens is 258 g/mol. The number of allylic oxidation sites excluding steroid dienone is 2. The van der Waals surface area contributed by atoms with Crippen LogP contribution in [0.4, 0.5) is 0 Å². The summed E-state index contributed by atoms with van der Waals surface area (Å²) in [6, 6.07) is 11.4. The zero-order valence-corrected chi connectivity index (χ0v) is 13.3. The lowest BCUT2D eigenvalue weighted by atomic mass is 9.73. The SMILES string of the molecule is CN1CCC[C@H]1COC1=CCCC[C@]1(C)c1ccccc1. The van der Waals surface area contributed by atoms with Gasteiger partial charge in [-0.1, -0.05) is 30.3 Å². The van der Waals surface area contributed by atoms with Gasteiger partial charge in [0.05, 0.1) is 0 Å². The lowest BCUT2D eigenvalue weighted by Gasteiger charge is -2.36. The van der Waals surface area contributed by atoms with Gasteiger partial charge in [-0.15, -0.1) is 0 Å². The maximum atomic E-state index is 6.33. The third kappa shape index (κ3) is 3.01. The Bertz CT molecular complexity index is 496. The highest BCUT2D eigenvalue weighted by atomic mass is 16.5. The molecule has 2 atom stereocenters. The minimum absolute atomic E-state index is 0.0523. The van der Waals surface area contributed by atoms with Crippen LogP contribution in [0.5, 0.6) is 0 Å². The van der Waals surface area contributed by atoms with Crippen LogP contribution in [0.15, 0.2) is 42.2 Å². The van der Waals surface area contributed by atoms with Gasteiger partial charge in [0.25, 0.3) is 0 Å². The summed E-state index contributed by atoms with van der Waals surface area (Å²) in [6.45, 7) is 4.39. The van der Waals surface area contributed by atoms with Crippen molar-refractivity contribution in [1.82, 2.24) is 4.90 Å². The van der Waals surface area contributed by atoms with E-state index in [4.69, 9.17) is 4.74 Å². The van der Waals surface area contributed by atoms with E-state index in [-0.39, 0.29) is 5.41 Å². The van der Waals surface area contributed by atoms with E-state index in [0.29, 0.717) is 6.04 Å². The van der Waals surface area contributed by atoms with E-state index in [1.165, 1.54) is 43.6 Å². The molecule has 2 aliphatic rings. The first-order chi connectivity index (χ1) is 10.2. The molecule has 21 heavy (non-hydrogen) atoms. The molecule has 1 fully saturated rings. The molecule has 0 unspecified atom stereocenters. The van der Waals surface area contributed by atoms with Crippen LogP contribution in [-0.2, 0) is 10.2 Å². The summed E-state index contributed by atoms with van der Waals surface area (Å²) in [6.07, 6.45) is 8.49. The van der Waals surface area contributed by atoms with E-state index in [0.717, 1.165) is 13.0 Å². The van der Waals surface area contributed by atoms with Gasteiger partial charge in [0.2, 0.25) is 0 Å². The average molecular weight is 285 g/mol. The van der Waals surface area contributed by atoms with Crippen molar-refractivity contribution in [2.45, 2.75) is 50.5 Å². The standard InChI is InChI=1S/C19H27NO/c1-19(16-9-4-3-5-10-16)13-7-6-12-18(19)21-15-17-11-8-14-20(17)2/h3-5,9-10,12,17H,6-8,11,13-15H2,1-2H3/t17-,19+/m0/s1. The van der Waals surface area contributed by atoms with Gasteiger partial charge in [-0.25, -0.2) is 0 Å². The second-order valence-corrected chi connectivity index (χ2v) is 6.75. The number of rotatable bonds is 4. The van der Waals surface area contributed by atoms with Crippen molar-refractivity contribution in [3.63, 3.8) is 0 Å². The molecule has 1 aliphatic heterocycles. The smallest absolute Gasteiger partial charge is 0.103 e. The van der Waals surface area contributed by atoms with Gasteiger partial charge in [-0.05, 0) is 64.3 Å². The highest BCUT2D eigenvalue weighted by Gasteiger charge is 2.35. The van der Waals surface area contributed by atoms with E-state index >= 15 is 0 Å². The molecule has 0 spiro atoms. The van der Waals surface area contributed by atoms with E-state index in [1.807, 2.05) is 0 Å². The van der Waals surface area contributed by atoms with Crippen LogP contribution in [0.3, 0.4) is 0 Å². The molecule has 114 valence electrons. The quantitative estimate of drug-likeness (QED) is 0.825. The Balaban J connectivity index is 1.74. The molecule has 0 radical (unpaired) electrons. The summed E-state index contributed by atoms with van der Waals surface area (Å²) in [7, 11) is 2.21. The number of likely N-dealkylation sites (N-methyl/N-ethyl adjacent to an activating group) is 1. The highest BCUT2D eigenvalue weighted by molar-refractivity contribution is 5.34. The first-order valence-corrected chi connectivity index (χ1v) is 8.29. The molecule has 2 nitrogen and oxygen atoms in total. The second kappa shape index (κ2) is 6.23. The lowest BCUT2D eigenvalue weighted by Crippen LogP contribution is -2.33. The van der Waals surface area contributed by atoms with E-state index < -0.39 is 0 Å². The number of nitrogens with zero attached hydrogens (tertiary/aromatic N) is 1. The first-order valence-electron chi connectivity index (χ1n) is 8.29. The number of ether oxygens (including phenoxy) is 1. The van der Waals surface area contributed by atoms with E-state index in [2.05, 4.69) is 55.3 Å². The summed E-state index contributed by atoms with van der Waals surface area (Å²) in [5.41, 5.74) is 1.44. The molecule has 1 aliphatic carbocycles. The molecule has 1 aromatic carbocycles. The largest absolute Gasteiger partial charge is 0.496 e.